The van der Waals surface area contributed by atoms with Gasteiger partial charge < -0.3 is 4.79 Å². The SMILES string of the molecule is CC=CCCC=CCCC=CCCC(C)=O. The highest BCUT2D eigenvalue weighted by Crippen LogP contribution is 1.99. The number of unbranched alkanes of at least 4 members (excludes halogenated alkanes) is 2. The van der Waals surface area contributed by atoms with Crippen LogP contribution < -0.4 is 0 Å². The van der Waals surface area contributed by atoms with Crippen molar-refractivity contribution in [3.05, 3.63) is 36.5 Å². The predicted octanol–water partition coefficient (Wildman–Crippen LogP) is 4.60. The molecular weight excluding hydrogens is 196 g/mol. The van der Waals surface area contributed by atoms with Gasteiger partial charge in [0.05, 0.1) is 0 Å². The second kappa shape index (κ2) is 12.0. The van der Waals surface area contributed by atoms with Gasteiger partial charge >= 0.3 is 0 Å². The predicted molar refractivity (Wildman–Crippen MR) is 71.5 cm³/mol. The number of carbonyl (C=O) groups excluding carboxylic acids is 1. The molecule has 0 rings (SSSR count). The molecule has 0 aliphatic carbocycles. The third kappa shape index (κ3) is 12.9. The molecule has 0 unspecified atom stereocenters. The molecule has 0 aromatic carbocycles. The van der Waals surface area contributed by atoms with E-state index in [4.69, 9.17) is 0 Å². The Bertz CT molecular complexity index is 246. The molecule has 90 valence electrons. The van der Waals surface area contributed by atoms with E-state index in [-0.39, 0.29) is 5.78 Å². The monoisotopic (exact) mass is 220 g/mol. The minimum absolute atomic E-state index is 0.272. The van der Waals surface area contributed by atoms with Gasteiger partial charge in [-0.25, -0.2) is 0 Å². The smallest absolute Gasteiger partial charge is 0.130 e. The number of hydrogen-bond donors (Lipinski definition) is 0. The Labute approximate surface area is 99.9 Å². The van der Waals surface area contributed by atoms with Crippen LogP contribution in [0.5, 0.6) is 0 Å². The summed E-state index contributed by atoms with van der Waals surface area (Å²) in [5.41, 5.74) is 0. The number of rotatable bonds is 9. The van der Waals surface area contributed by atoms with Crippen molar-refractivity contribution >= 4 is 5.78 Å². The molecule has 0 aliphatic rings. The van der Waals surface area contributed by atoms with Crippen LogP contribution in [0.15, 0.2) is 36.5 Å². The molecule has 0 saturated carbocycles. The van der Waals surface area contributed by atoms with E-state index in [2.05, 4.69) is 43.4 Å². The number of Topliss-reactive ketones (excluding diaryl/α,β-unsaturated/α-hetero) is 1. The van der Waals surface area contributed by atoms with Crippen LogP contribution in [-0.4, -0.2) is 5.78 Å². The lowest BCUT2D eigenvalue weighted by Crippen LogP contribution is -1.86. The Morgan fingerprint density at radius 3 is 1.69 bits per heavy atom. The third-order valence-corrected chi connectivity index (χ3v) is 2.23. The highest BCUT2D eigenvalue weighted by molar-refractivity contribution is 5.75. The first-order valence-corrected chi connectivity index (χ1v) is 6.18. The number of hydrogen-bond acceptors (Lipinski definition) is 1. The van der Waals surface area contributed by atoms with Crippen LogP contribution in [0.3, 0.4) is 0 Å². The molecule has 0 radical (unpaired) electrons. The second-order valence-electron chi connectivity index (χ2n) is 3.91. The van der Waals surface area contributed by atoms with Crippen LogP contribution in [0.25, 0.3) is 0 Å². The van der Waals surface area contributed by atoms with Gasteiger partial charge in [-0.05, 0) is 46.0 Å². The molecule has 0 spiro atoms. The third-order valence-electron chi connectivity index (χ3n) is 2.23. The van der Waals surface area contributed by atoms with Crippen molar-refractivity contribution in [2.75, 3.05) is 0 Å². The largest absolute Gasteiger partial charge is 0.300 e. The van der Waals surface area contributed by atoms with Gasteiger partial charge in [-0.3, -0.25) is 0 Å². The summed E-state index contributed by atoms with van der Waals surface area (Å²) < 4.78 is 0. The van der Waals surface area contributed by atoms with Crippen LogP contribution in [0.2, 0.25) is 0 Å². The zero-order valence-corrected chi connectivity index (χ0v) is 10.6. The fourth-order valence-electron chi connectivity index (χ4n) is 1.31. The lowest BCUT2D eigenvalue weighted by Gasteiger charge is -1.90. The molecule has 0 heterocycles. The van der Waals surface area contributed by atoms with Gasteiger partial charge in [-0.15, -0.1) is 0 Å². The van der Waals surface area contributed by atoms with E-state index in [9.17, 15) is 4.79 Å². The minimum atomic E-state index is 0.272. The normalized spacial score (nSPS) is 12.1. The molecule has 1 nitrogen and oxygen atoms in total. The van der Waals surface area contributed by atoms with Crippen LogP contribution in [-0.2, 0) is 4.79 Å². The lowest BCUT2D eigenvalue weighted by molar-refractivity contribution is -0.116. The van der Waals surface area contributed by atoms with Gasteiger partial charge in [0.1, 0.15) is 5.78 Å². The molecular formula is C15H24O. The van der Waals surface area contributed by atoms with Crippen molar-refractivity contribution in [3.63, 3.8) is 0 Å². The van der Waals surface area contributed by atoms with E-state index in [0.717, 1.165) is 32.1 Å². The molecule has 0 saturated heterocycles. The molecule has 0 amide bonds. The summed E-state index contributed by atoms with van der Waals surface area (Å²) in [4.78, 5) is 10.7. The van der Waals surface area contributed by atoms with Gasteiger partial charge in [0, 0.05) is 6.42 Å². The Balaban J connectivity index is 3.28. The minimum Gasteiger partial charge on any atom is -0.300 e. The first kappa shape index (κ1) is 14.9. The molecule has 16 heavy (non-hydrogen) atoms. The zero-order chi connectivity index (χ0) is 12.1. The van der Waals surface area contributed by atoms with Crippen molar-refractivity contribution in [1.82, 2.24) is 0 Å². The molecule has 0 fully saturated rings. The summed E-state index contributed by atoms with van der Waals surface area (Å²) in [7, 11) is 0. The standard InChI is InChI=1S/C15H24O/c1-3-4-5-6-7-8-9-10-11-12-13-14-15(2)16/h3-4,7-8,11-12H,5-6,9-10,13-14H2,1-2H3. The number of ketones is 1. The van der Waals surface area contributed by atoms with Crippen LogP contribution in [0.1, 0.15) is 52.4 Å². The average Bonchev–Trinajstić information content (AvgIpc) is 2.25. The maximum absolute atomic E-state index is 10.7. The summed E-state index contributed by atoms with van der Waals surface area (Å²) in [6.45, 7) is 3.69. The zero-order valence-electron chi connectivity index (χ0n) is 10.6. The molecule has 0 aromatic heterocycles. The fourth-order valence-corrected chi connectivity index (χ4v) is 1.31. The van der Waals surface area contributed by atoms with E-state index in [1.54, 1.807) is 6.92 Å². The first-order chi connectivity index (χ1) is 7.77. The highest BCUT2D eigenvalue weighted by atomic mass is 16.1. The maximum atomic E-state index is 10.7. The Morgan fingerprint density at radius 1 is 0.812 bits per heavy atom. The second-order valence-corrected chi connectivity index (χ2v) is 3.91. The van der Waals surface area contributed by atoms with Gasteiger partial charge in [-0.1, -0.05) is 36.5 Å². The molecule has 1 heteroatoms. The molecule has 0 aliphatic heterocycles. The van der Waals surface area contributed by atoms with Gasteiger partial charge in [0.25, 0.3) is 0 Å². The van der Waals surface area contributed by atoms with E-state index >= 15 is 0 Å². The quantitative estimate of drug-likeness (QED) is 0.410. The number of carbonyl (C=O) groups is 1. The van der Waals surface area contributed by atoms with Gasteiger partial charge in [0.2, 0.25) is 0 Å². The molecule has 0 atom stereocenters. The molecule has 0 aromatic rings. The Kier molecular flexibility index (Phi) is 11.1. The van der Waals surface area contributed by atoms with Gasteiger partial charge in [-0.2, -0.15) is 0 Å². The van der Waals surface area contributed by atoms with E-state index in [1.165, 1.54) is 0 Å². The van der Waals surface area contributed by atoms with Crippen molar-refractivity contribution in [2.45, 2.75) is 52.4 Å². The van der Waals surface area contributed by atoms with Crippen LogP contribution in [0, 0.1) is 0 Å². The summed E-state index contributed by atoms with van der Waals surface area (Å²) in [5.74, 6) is 0.272. The molecule has 0 N–H and O–H groups in total. The average molecular weight is 220 g/mol. The van der Waals surface area contributed by atoms with Crippen molar-refractivity contribution in [3.8, 4) is 0 Å². The summed E-state index contributed by atoms with van der Waals surface area (Å²) in [6, 6.07) is 0. The van der Waals surface area contributed by atoms with Crippen molar-refractivity contribution < 1.29 is 4.79 Å². The van der Waals surface area contributed by atoms with Crippen LogP contribution in [0.4, 0.5) is 0 Å². The fraction of sp³-hybridized carbons (Fsp3) is 0.533. The topological polar surface area (TPSA) is 17.1 Å². The van der Waals surface area contributed by atoms with Crippen molar-refractivity contribution in [1.29, 1.82) is 0 Å². The first-order valence-electron chi connectivity index (χ1n) is 6.18. The highest BCUT2D eigenvalue weighted by Gasteiger charge is 1.87. The summed E-state index contributed by atoms with van der Waals surface area (Å²) in [5, 5.41) is 0. The summed E-state index contributed by atoms with van der Waals surface area (Å²) >= 11 is 0. The van der Waals surface area contributed by atoms with E-state index in [1.807, 2.05) is 0 Å². The summed E-state index contributed by atoms with van der Waals surface area (Å²) in [6.07, 6.45) is 19.1. The van der Waals surface area contributed by atoms with Crippen LogP contribution >= 0.6 is 0 Å². The lowest BCUT2D eigenvalue weighted by atomic mass is 10.2. The number of allylic oxidation sites excluding steroid dienone is 6. The Hall–Kier alpha value is -1.11. The van der Waals surface area contributed by atoms with E-state index in [0.29, 0.717) is 6.42 Å². The van der Waals surface area contributed by atoms with E-state index < -0.39 is 0 Å². The van der Waals surface area contributed by atoms with Crippen molar-refractivity contribution in [2.24, 2.45) is 0 Å². The molecule has 0 bridgehead atoms. The van der Waals surface area contributed by atoms with Gasteiger partial charge in [0.15, 0.2) is 0 Å². The maximum Gasteiger partial charge on any atom is 0.130 e. The Morgan fingerprint density at radius 2 is 1.25 bits per heavy atom.